The van der Waals surface area contributed by atoms with Crippen LogP contribution in [0.1, 0.15) is 25.9 Å². The van der Waals surface area contributed by atoms with Crippen LogP contribution >= 0.6 is 23.1 Å². The van der Waals surface area contributed by atoms with Crippen molar-refractivity contribution in [2.75, 3.05) is 0 Å². The molecule has 0 atom stereocenters. The zero-order chi connectivity index (χ0) is 18.6. The van der Waals surface area contributed by atoms with Gasteiger partial charge < -0.3 is 5.32 Å². The predicted molar refractivity (Wildman–Crippen MR) is 103 cm³/mol. The number of hydrogen-bond acceptors (Lipinski definition) is 8. The lowest BCUT2D eigenvalue weighted by atomic mass is 10.1. The number of thioether (sulfide) groups is 1. The Labute approximate surface area is 163 Å². The summed E-state index contributed by atoms with van der Waals surface area (Å²) in [6, 6.07) is 9.82. The summed E-state index contributed by atoms with van der Waals surface area (Å²) in [7, 11) is 0. The van der Waals surface area contributed by atoms with Crippen LogP contribution in [0.4, 0.5) is 0 Å². The van der Waals surface area contributed by atoms with Crippen LogP contribution in [0.25, 0.3) is 5.78 Å². The van der Waals surface area contributed by atoms with Crippen molar-refractivity contribution in [2.24, 2.45) is 0 Å². The van der Waals surface area contributed by atoms with Gasteiger partial charge in [-0.3, -0.25) is 4.79 Å². The molecule has 8 nitrogen and oxygen atoms in total. The maximum Gasteiger partial charge on any atom is 0.282 e. The first-order valence-electron chi connectivity index (χ1n) is 8.14. The predicted octanol–water partition coefficient (Wildman–Crippen LogP) is 2.51. The second-order valence-electron chi connectivity index (χ2n) is 5.72. The van der Waals surface area contributed by atoms with Crippen LogP contribution in [0.3, 0.4) is 0 Å². The van der Waals surface area contributed by atoms with Crippen LogP contribution in [-0.4, -0.2) is 35.7 Å². The van der Waals surface area contributed by atoms with Gasteiger partial charge in [-0.15, -0.1) is 15.3 Å². The minimum Gasteiger partial charge on any atom is -0.346 e. The van der Waals surface area contributed by atoms with E-state index in [1.54, 1.807) is 23.0 Å². The van der Waals surface area contributed by atoms with Crippen LogP contribution in [-0.2, 0) is 12.3 Å². The van der Waals surface area contributed by atoms with Gasteiger partial charge in [-0.25, -0.2) is 9.50 Å². The Kier molecular flexibility index (Phi) is 5.07. The first kappa shape index (κ1) is 17.6. The molecule has 0 unspecified atom stereocenters. The van der Waals surface area contributed by atoms with Crippen molar-refractivity contribution in [1.29, 1.82) is 0 Å². The molecular weight excluding hydrogens is 382 g/mol. The van der Waals surface area contributed by atoms with E-state index in [2.05, 4.69) is 30.6 Å². The molecule has 1 aromatic carbocycles. The van der Waals surface area contributed by atoms with Crippen molar-refractivity contribution >= 4 is 34.8 Å². The number of aromatic nitrogens is 6. The van der Waals surface area contributed by atoms with Gasteiger partial charge in [-0.05, 0) is 18.6 Å². The van der Waals surface area contributed by atoms with Gasteiger partial charge in [0, 0.05) is 18.9 Å². The summed E-state index contributed by atoms with van der Waals surface area (Å²) in [6.45, 7) is 2.49. The molecule has 0 aliphatic rings. The molecule has 0 fully saturated rings. The van der Waals surface area contributed by atoms with Crippen molar-refractivity contribution in [3.63, 3.8) is 0 Å². The molecule has 136 valence electrons. The molecule has 0 saturated heterocycles. The molecular formula is C17H15N7OS2. The number of carbonyl (C=O) groups excluding carboxylic acids is 1. The van der Waals surface area contributed by atoms with Crippen molar-refractivity contribution in [3.8, 4) is 0 Å². The molecule has 1 amide bonds. The third kappa shape index (κ3) is 4.29. The van der Waals surface area contributed by atoms with Crippen LogP contribution in [0.15, 0.2) is 47.9 Å². The quantitative estimate of drug-likeness (QED) is 0.499. The molecule has 4 aromatic rings. The van der Waals surface area contributed by atoms with Gasteiger partial charge in [-0.2, -0.15) is 4.98 Å². The highest BCUT2D eigenvalue weighted by Gasteiger charge is 2.14. The fourth-order valence-corrected chi connectivity index (χ4v) is 3.83. The van der Waals surface area contributed by atoms with Gasteiger partial charge in [0.25, 0.3) is 11.7 Å². The first-order chi connectivity index (χ1) is 13.2. The van der Waals surface area contributed by atoms with E-state index in [0.717, 1.165) is 10.6 Å². The van der Waals surface area contributed by atoms with Gasteiger partial charge in [0.2, 0.25) is 10.2 Å². The highest BCUT2D eigenvalue weighted by Crippen LogP contribution is 2.22. The van der Waals surface area contributed by atoms with Gasteiger partial charge in [0.15, 0.2) is 0 Å². The number of nitrogens with one attached hydrogen (secondary N) is 1. The van der Waals surface area contributed by atoms with Crippen LogP contribution in [0.5, 0.6) is 0 Å². The summed E-state index contributed by atoms with van der Waals surface area (Å²) >= 11 is 2.70. The molecule has 0 aliphatic carbocycles. The summed E-state index contributed by atoms with van der Waals surface area (Å²) in [5.41, 5.74) is 2.23. The zero-order valence-electron chi connectivity index (χ0n) is 14.4. The minimum atomic E-state index is -0.223. The highest BCUT2D eigenvalue weighted by atomic mass is 32.2. The lowest BCUT2D eigenvalue weighted by molar-refractivity contribution is 0.0950. The molecule has 3 aromatic heterocycles. The number of hydrogen-bond donors (Lipinski definition) is 1. The van der Waals surface area contributed by atoms with Crippen molar-refractivity contribution < 1.29 is 4.79 Å². The fraction of sp³-hybridized carbons (Fsp3) is 0.176. The summed E-state index contributed by atoms with van der Waals surface area (Å²) in [5, 5.41) is 16.9. The zero-order valence-corrected chi connectivity index (χ0v) is 16.0. The van der Waals surface area contributed by atoms with E-state index in [1.165, 1.54) is 28.7 Å². The lowest BCUT2D eigenvalue weighted by Crippen LogP contribution is -2.22. The Bertz CT molecular complexity index is 1040. The molecule has 27 heavy (non-hydrogen) atoms. The normalized spacial score (nSPS) is 11.0. The molecule has 10 heteroatoms. The lowest BCUT2D eigenvalue weighted by Gasteiger charge is -2.03. The number of rotatable bonds is 6. The molecule has 0 spiro atoms. The molecule has 0 aliphatic heterocycles. The van der Waals surface area contributed by atoms with Crippen molar-refractivity contribution in [3.05, 3.63) is 63.9 Å². The van der Waals surface area contributed by atoms with E-state index < -0.39 is 0 Å². The molecule has 1 N–H and O–H groups in total. The maximum atomic E-state index is 12.2. The molecule has 0 bridgehead atoms. The van der Waals surface area contributed by atoms with Crippen LogP contribution in [0, 0.1) is 6.92 Å². The van der Waals surface area contributed by atoms with Gasteiger partial charge in [0.1, 0.15) is 5.01 Å². The number of fused-ring (bicyclic) bond motifs is 1. The van der Waals surface area contributed by atoms with E-state index in [1.807, 2.05) is 31.2 Å². The summed E-state index contributed by atoms with van der Waals surface area (Å²) in [5.74, 6) is 0.868. The molecule has 0 saturated carbocycles. The fourth-order valence-electron chi connectivity index (χ4n) is 2.27. The van der Waals surface area contributed by atoms with Gasteiger partial charge in [-0.1, -0.05) is 52.9 Å². The Hall–Kier alpha value is -2.85. The summed E-state index contributed by atoms with van der Waals surface area (Å²) in [6.07, 6.45) is 3.46. The largest absolute Gasteiger partial charge is 0.346 e. The van der Waals surface area contributed by atoms with E-state index in [9.17, 15) is 4.79 Å². The first-order valence-corrected chi connectivity index (χ1v) is 9.94. The van der Waals surface area contributed by atoms with Crippen LogP contribution in [0.2, 0.25) is 0 Å². The van der Waals surface area contributed by atoms with Crippen LogP contribution < -0.4 is 5.32 Å². The van der Waals surface area contributed by atoms with Gasteiger partial charge >= 0.3 is 0 Å². The Morgan fingerprint density at radius 2 is 2.11 bits per heavy atom. The van der Waals surface area contributed by atoms with Crippen molar-refractivity contribution in [1.82, 2.24) is 35.1 Å². The average Bonchev–Trinajstić information content (AvgIpc) is 3.32. The number of benzene rings is 1. The molecule has 3 heterocycles. The summed E-state index contributed by atoms with van der Waals surface area (Å²) in [4.78, 5) is 20.7. The Morgan fingerprint density at radius 3 is 2.93 bits per heavy atom. The second-order valence-corrected chi connectivity index (χ2v) is 7.72. The van der Waals surface area contributed by atoms with E-state index in [4.69, 9.17) is 0 Å². The number of amides is 1. The van der Waals surface area contributed by atoms with Gasteiger partial charge in [0.05, 0.1) is 5.75 Å². The SMILES string of the molecule is Cc1ccc(CNC(=O)c2nnc(CSc3nc4ncccn4n3)s2)cc1. The average molecular weight is 397 g/mol. The molecule has 4 rings (SSSR count). The second kappa shape index (κ2) is 7.80. The monoisotopic (exact) mass is 397 g/mol. The number of carbonyl (C=O) groups is 1. The highest BCUT2D eigenvalue weighted by molar-refractivity contribution is 7.98. The minimum absolute atomic E-state index is 0.223. The number of aryl methyl sites for hydroxylation is 1. The van der Waals surface area contributed by atoms with E-state index in [0.29, 0.717) is 28.2 Å². The topological polar surface area (TPSA) is 98.0 Å². The Morgan fingerprint density at radius 1 is 1.26 bits per heavy atom. The molecule has 0 radical (unpaired) electrons. The number of nitrogens with zero attached hydrogens (tertiary/aromatic N) is 6. The van der Waals surface area contributed by atoms with E-state index >= 15 is 0 Å². The third-order valence-corrected chi connectivity index (χ3v) is 5.61. The third-order valence-electron chi connectivity index (χ3n) is 3.66. The van der Waals surface area contributed by atoms with Crippen molar-refractivity contribution in [2.45, 2.75) is 24.4 Å². The summed E-state index contributed by atoms with van der Waals surface area (Å²) < 4.78 is 1.62. The maximum absolute atomic E-state index is 12.2. The van der Waals surface area contributed by atoms with E-state index in [-0.39, 0.29) is 5.91 Å². The smallest absolute Gasteiger partial charge is 0.282 e. The standard InChI is InChI=1S/C17H15N7OS2/c1-11-3-5-12(6-4-11)9-19-14(25)15-22-21-13(27-15)10-26-17-20-16-18-7-2-8-24(16)23-17/h2-8H,9-10H2,1H3,(H,19,25). The Balaban J connectivity index is 1.33.